The summed E-state index contributed by atoms with van der Waals surface area (Å²) in [5.41, 5.74) is 2.74. The standard InChI is InChI=1S/C29H35N3O5S2/c33-29(30-23-26-11-16-28(17-12-26)39(36,37)32-21-5-2-6-22-32)18-13-25-9-14-27(15-10-25)38(34,35)31-20-19-24-7-3-1-4-8-24/h1,3-4,7-12,14-17,31H,2,5-6,13,18-23H2,(H,30,33). The summed E-state index contributed by atoms with van der Waals surface area (Å²) in [6.45, 7) is 1.73. The van der Waals surface area contributed by atoms with E-state index in [0.717, 1.165) is 36.0 Å². The normalized spacial score (nSPS) is 14.7. The van der Waals surface area contributed by atoms with Gasteiger partial charge in [0.1, 0.15) is 0 Å². The van der Waals surface area contributed by atoms with Crippen LogP contribution < -0.4 is 10.0 Å². The van der Waals surface area contributed by atoms with Crippen molar-refractivity contribution in [2.45, 2.75) is 54.9 Å². The Bertz CT molecular complexity index is 1440. The van der Waals surface area contributed by atoms with Crippen LogP contribution in [0.1, 0.15) is 42.4 Å². The van der Waals surface area contributed by atoms with Crippen molar-refractivity contribution in [3.8, 4) is 0 Å². The lowest BCUT2D eigenvalue weighted by Crippen LogP contribution is -2.35. The van der Waals surface area contributed by atoms with Crippen LogP contribution in [0.4, 0.5) is 0 Å². The van der Waals surface area contributed by atoms with Gasteiger partial charge in [-0.1, -0.05) is 61.0 Å². The zero-order chi connectivity index (χ0) is 27.7. The van der Waals surface area contributed by atoms with Crippen molar-refractivity contribution in [2.75, 3.05) is 19.6 Å². The Kier molecular flexibility index (Phi) is 9.90. The molecule has 1 fully saturated rings. The lowest BCUT2D eigenvalue weighted by Gasteiger charge is -2.25. The molecule has 0 radical (unpaired) electrons. The number of nitrogens with zero attached hydrogens (tertiary/aromatic N) is 1. The molecule has 3 aromatic rings. The van der Waals surface area contributed by atoms with Gasteiger partial charge >= 0.3 is 0 Å². The van der Waals surface area contributed by atoms with Gasteiger partial charge in [-0.15, -0.1) is 0 Å². The minimum Gasteiger partial charge on any atom is -0.352 e. The number of aryl methyl sites for hydroxylation is 1. The molecule has 0 saturated carbocycles. The first-order valence-electron chi connectivity index (χ1n) is 13.2. The maximum Gasteiger partial charge on any atom is 0.243 e. The van der Waals surface area contributed by atoms with E-state index in [2.05, 4.69) is 10.0 Å². The van der Waals surface area contributed by atoms with Crippen LogP contribution in [0.15, 0.2) is 88.7 Å². The molecule has 8 nitrogen and oxygen atoms in total. The average molecular weight is 570 g/mol. The van der Waals surface area contributed by atoms with Gasteiger partial charge in [0, 0.05) is 32.6 Å². The van der Waals surface area contributed by atoms with E-state index in [1.807, 2.05) is 30.3 Å². The third-order valence-corrected chi connectivity index (χ3v) is 10.2. The number of hydrogen-bond donors (Lipinski definition) is 2. The summed E-state index contributed by atoms with van der Waals surface area (Å²) in [5.74, 6) is -0.140. The van der Waals surface area contributed by atoms with Crippen LogP contribution in [-0.2, 0) is 44.2 Å². The van der Waals surface area contributed by atoms with Crippen molar-refractivity contribution in [3.63, 3.8) is 0 Å². The maximum absolute atomic E-state index is 12.8. The highest BCUT2D eigenvalue weighted by molar-refractivity contribution is 7.89. The fraction of sp³-hybridized carbons (Fsp3) is 0.345. The number of rotatable bonds is 12. The minimum absolute atomic E-state index is 0.140. The zero-order valence-electron chi connectivity index (χ0n) is 21.9. The molecule has 4 rings (SSSR count). The SMILES string of the molecule is O=C(CCc1ccc(S(=O)(=O)NCCc2ccccc2)cc1)NCc1ccc(S(=O)(=O)N2CCCCC2)cc1. The van der Waals surface area contributed by atoms with Gasteiger partial charge in [-0.05, 0) is 66.6 Å². The highest BCUT2D eigenvalue weighted by atomic mass is 32.2. The molecule has 10 heteroatoms. The van der Waals surface area contributed by atoms with Gasteiger partial charge in [0.05, 0.1) is 9.79 Å². The van der Waals surface area contributed by atoms with Crippen LogP contribution in [0.5, 0.6) is 0 Å². The molecule has 3 aromatic carbocycles. The van der Waals surface area contributed by atoms with E-state index in [0.29, 0.717) is 39.0 Å². The van der Waals surface area contributed by atoms with Gasteiger partial charge in [0.2, 0.25) is 26.0 Å². The molecule has 0 unspecified atom stereocenters. The van der Waals surface area contributed by atoms with E-state index < -0.39 is 20.0 Å². The van der Waals surface area contributed by atoms with Crippen LogP contribution >= 0.6 is 0 Å². The number of benzene rings is 3. The van der Waals surface area contributed by atoms with Gasteiger partial charge < -0.3 is 5.32 Å². The quantitative estimate of drug-likeness (QED) is 0.346. The Labute approximate surface area is 231 Å². The molecule has 208 valence electrons. The first-order valence-corrected chi connectivity index (χ1v) is 16.1. The fourth-order valence-electron chi connectivity index (χ4n) is 4.47. The third-order valence-electron chi connectivity index (χ3n) is 6.79. The molecule has 1 saturated heterocycles. The van der Waals surface area contributed by atoms with Gasteiger partial charge in [0.25, 0.3) is 0 Å². The predicted molar refractivity (Wildman–Crippen MR) is 151 cm³/mol. The summed E-state index contributed by atoms with van der Waals surface area (Å²) in [6.07, 6.45) is 4.17. The Hall–Kier alpha value is -3.05. The second-order valence-corrected chi connectivity index (χ2v) is 13.4. The number of piperidine rings is 1. The summed E-state index contributed by atoms with van der Waals surface area (Å²) < 4.78 is 54.9. The first kappa shape index (κ1) is 28.9. The van der Waals surface area contributed by atoms with Crippen molar-refractivity contribution in [1.82, 2.24) is 14.3 Å². The summed E-state index contributed by atoms with van der Waals surface area (Å²) in [6, 6.07) is 22.9. The van der Waals surface area contributed by atoms with Gasteiger partial charge in [0.15, 0.2) is 0 Å². The topological polar surface area (TPSA) is 113 Å². The summed E-state index contributed by atoms with van der Waals surface area (Å²) >= 11 is 0. The molecule has 0 atom stereocenters. The molecule has 39 heavy (non-hydrogen) atoms. The second-order valence-electron chi connectivity index (χ2n) is 9.66. The first-order chi connectivity index (χ1) is 18.7. The molecule has 1 aliphatic rings. The Balaban J connectivity index is 1.21. The number of hydrogen-bond acceptors (Lipinski definition) is 5. The largest absolute Gasteiger partial charge is 0.352 e. The molecule has 0 spiro atoms. The van der Waals surface area contributed by atoms with Gasteiger partial charge in [-0.25, -0.2) is 21.6 Å². The van der Waals surface area contributed by atoms with Crippen LogP contribution in [0.2, 0.25) is 0 Å². The molecular weight excluding hydrogens is 534 g/mol. The monoisotopic (exact) mass is 569 g/mol. The van der Waals surface area contributed by atoms with E-state index in [1.54, 1.807) is 48.5 Å². The molecule has 1 amide bonds. The number of amides is 1. The van der Waals surface area contributed by atoms with Crippen molar-refractivity contribution in [3.05, 3.63) is 95.6 Å². The van der Waals surface area contributed by atoms with Crippen LogP contribution in [-0.4, -0.2) is 46.7 Å². The summed E-state index contributed by atoms with van der Waals surface area (Å²) in [5, 5.41) is 2.86. The number of carbonyl (C=O) groups excluding carboxylic acids is 1. The van der Waals surface area contributed by atoms with Crippen molar-refractivity contribution in [2.24, 2.45) is 0 Å². The van der Waals surface area contributed by atoms with Gasteiger partial charge in [-0.3, -0.25) is 4.79 Å². The van der Waals surface area contributed by atoms with Crippen LogP contribution in [0, 0.1) is 0 Å². The molecule has 0 aromatic heterocycles. The smallest absolute Gasteiger partial charge is 0.243 e. The third kappa shape index (κ3) is 8.22. The lowest BCUT2D eigenvalue weighted by atomic mass is 10.1. The van der Waals surface area contributed by atoms with Crippen LogP contribution in [0.3, 0.4) is 0 Å². The average Bonchev–Trinajstić information content (AvgIpc) is 2.96. The predicted octanol–water partition coefficient (Wildman–Crippen LogP) is 3.63. The molecule has 1 heterocycles. The number of sulfonamides is 2. The van der Waals surface area contributed by atoms with E-state index in [9.17, 15) is 21.6 Å². The van der Waals surface area contributed by atoms with Crippen molar-refractivity contribution < 1.29 is 21.6 Å². The number of carbonyl (C=O) groups is 1. The van der Waals surface area contributed by atoms with Crippen molar-refractivity contribution in [1.29, 1.82) is 0 Å². The summed E-state index contributed by atoms with van der Waals surface area (Å²) in [7, 11) is -7.08. The van der Waals surface area contributed by atoms with Gasteiger partial charge in [-0.2, -0.15) is 4.31 Å². The highest BCUT2D eigenvalue weighted by Crippen LogP contribution is 2.21. The maximum atomic E-state index is 12.8. The molecular formula is C29H35N3O5S2. The molecule has 2 N–H and O–H groups in total. The molecule has 0 bridgehead atoms. The van der Waals surface area contributed by atoms with E-state index in [-0.39, 0.29) is 22.1 Å². The zero-order valence-corrected chi connectivity index (χ0v) is 23.5. The Morgan fingerprint density at radius 3 is 1.95 bits per heavy atom. The number of nitrogens with one attached hydrogen (secondary N) is 2. The summed E-state index contributed by atoms with van der Waals surface area (Å²) in [4.78, 5) is 12.8. The molecule has 0 aliphatic carbocycles. The van der Waals surface area contributed by atoms with E-state index in [1.165, 1.54) is 4.31 Å². The highest BCUT2D eigenvalue weighted by Gasteiger charge is 2.25. The van der Waals surface area contributed by atoms with E-state index in [4.69, 9.17) is 0 Å². The van der Waals surface area contributed by atoms with Crippen LogP contribution in [0.25, 0.3) is 0 Å². The fourth-order valence-corrected chi connectivity index (χ4v) is 7.02. The van der Waals surface area contributed by atoms with E-state index >= 15 is 0 Å². The van der Waals surface area contributed by atoms with Crippen molar-refractivity contribution >= 4 is 26.0 Å². The Morgan fingerprint density at radius 2 is 1.28 bits per heavy atom. The Morgan fingerprint density at radius 1 is 0.692 bits per heavy atom. The second kappa shape index (κ2) is 13.3. The minimum atomic E-state index is -3.61. The lowest BCUT2D eigenvalue weighted by molar-refractivity contribution is -0.121. The molecule has 1 aliphatic heterocycles.